The van der Waals surface area contributed by atoms with Crippen molar-refractivity contribution in [3.63, 3.8) is 0 Å². The van der Waals surface area contributed by atoms with Crippen molar-refractivity contribution in [3.05, 3.63) is 29.8 Å². The molecule has 1 aliphatic heterocycles. The summed E-state index contributed by atoms with van der Waals surface area (Å²) in [6, 6.07) is 6.94. The SMILES string of the molecule is COc1ccc(C(=O)N2CC3CCCCC3C2=O)cc1. The van der Waals surface area contributed by atoms with Crippen LogP contribution in [0.15, 0.2) is 24.3 Å². The van der Waals surface area contributed by atoms with Crippen molar-refractivity contribution in [3.8, 4) is 5.75 Å². The van der Waals surface area contributed by atoms with Crippen molar-refractivity contribution in [2.45, 2.75) is 25.7 Å². The van der Waals surface area contributed by atoms with Crippen molar-refractivity contribution in [1.29, 1.82) is 0 Å². The molecule has 1 aromatic carbocycles. The number of fused-ring (bicyclic) bond motifs is 1. The Morgan fingerprint density at radius 2 is 1.90 bits per heavy atom. The van der Waals surface area contributed by atoms with Gasteiger partial charge in [-0.25, -0.2) is 0 Å². The van der Waals surface area contributed by atoms with Gasteiger partial charge in [0.05, 0.1) is 7.11 Å². The molecule has 3 rings (SSSR count). The van der Waals surface area contributed by atoms with E-state index in [9.17, 15) is 9.59 Å². The first kappa shape index (κ1) is 13.2. The number of imide groups is 1. The van der Waals surface area contributed by atoms with Crippen molar-refractivity contribution in [1.82, 2.24) is 4.90 Å². The van der Waals surface area contributed by atoms with E-state index in [-0.39, 0.29) is 17.7 Å². The molecule has 1 saturated heterocycles. The maximum atomic E-state index is 12.5. The predicted molar refractivity (Wildman–Crippen MR) is 74.5 cm³/mol. The van der Waals surface area contributed by atoms with Gasteiger partial charge in [-0.15, -0.1) is 0 Å². The molecule has 1 saturated carbocycles. The Bertz CT molecular complexity index is 523. The molecule has 2 fully saturated rings. The van der Waals surface area contributed by atoms with Gasteiger partial charge in [-0.2, -0.15) is 0 Å². The molecule has 2 amide bonds. The van der Waals surface area contributed by atoms with E-state index in [1.165, 1.54) is 11.3 Å². The molecular weight excluding hydrogens is 254 g/mol. The van der Waals surface area contributed by atoms with Crippen LogP contribution in [-0.4, -0.2) is 30.4 Å². The fourth-order valence-electron chi connectivity index (χ4n) is 3.35. The van der Waals surface area contributed by atoms with E-state index >= 15 is 0 Å². The number of ether oxygens (including phenoxy) is 1. The van der Waals surface area contributed by atoms with Crippen LogP contribution in [-0.2, 0) is 4.79 Å². The van der Waals surface area contributed by atoms with Crippen LogP contribution < -0.4 is 4.74 Å². The second-order valence-electron chi connectivity index (χ2n) is 5.63. The zero-order chi connectivity index (χ0) is 14.1. The van der Waals surface area contributed by atoms with Crippen LogP contribution in [0.5, 0.6) is 5.75 Å². The number of nitrogens with zero attached hydrogens (tertiary/aromatic N) is 1. The maximum absolute atomic E-state index is 12.5. The Kier molecular flexibility index (Phi) is 3.47. The molecule has 1 aromatic rings. The van der Waals surface area contributed by atoms with E-state index in [4.69, 9.17) is 4.74 Å². The van der Waals surface area contributed by atoms with Gasteiger partial charge in [0.2, 0.25) is 5.91 Å². The standard InChI is InChI=1S/C16H19NO3/c1-20-13-8-6-11(7-9-13)15(18)17-10-12-4-2-3-5-14(12)16(17)19/h6-9,12,14H,2-5,10H2,1H3. The van der Waals surface area contributed by atoms with E-state index in [2.05, 4.69) is 0 Å². The highest BCUT2D eigenvalue weighted by Crippen LogP contribution is 2.37. The molecule has 2 atom stereocenters. The normalized spacial score (nSPS) is 25.4. The zero-order valence-corrected chi connectivity index (χ0v) is 11.7. The Balaban J connectivity index is 1.78. The lowest BCUT2D eigenvalue weighted by Gasteiger charge is -2.21. The van der Waals surface area contributed by atoms with Crippen LogP contribution in [0, 0.1) is 11.8 Å². The summed E-state index contributed by atoms with van der Waals surface area (Å²) >= 11 is 0. The Morgan fingerprint density at radius 3 is 2.55 bits per heavy atom. The molecule has 0 aromatic heterocycles. The summed E-state index contributed by atoms with van der Waals surface area (Å²) in [6.07, 6.45) is 4.30. The first-order valence-corrected chi connectivity index (χ1v) is 7.20. The van der Waals surface area contributed by atoms with E-state index in [1.54, 1.807) is 31.4 Å². The molecule has 4 nitrogen and oxygen atoms in total. The predicted octanol–water partition coefficient (Wildman–Crippen LogP) is 2.48. The Hall–Kier alpha value is -1.84. The molecule has 1 heterocycles. The summed E-state index contributed by atoms with van der Waals surface area (Å²) in [6.45, 7) is 0.592. The van der Waals surface area contributed by atoms with Crippen LogP contribution >= 0.6 is 0 Å². The van der Waals surface area contributed by atoms with Crippen LogP contribution in [0.25, 0.3) is 0 Å². The molecule has 0 radical (unpaired) electrons. The van der Waals surface area contributed by atoms with E-state index < -0.39 is 0 Å². The lowest BCUT2D eigenvalue weighted by Crippen LogP contribution is -2.33. The fraction of sp³-hybridized carbons (Fsp3) is 0.500. The molecular formula is C16H19NO3. The Morgan fingerprint density at radius 1 is 1.20 bits per heavy atom. The first-order chi connectivity index (χ1) is 9.70. The second kappa shape index (κ2) is 5.27. The van der Waals surface area contributed by atoms with Gasteiger partial charge < -0.3 is 4.74 Å². The van der Waals surface area contributed by atoms with Crippen molar-refractivity contribution in [2.75, 3.05) is 13.7 Å². The number of carbonyl (C=O) groups excluding carboxylic acids is 2. The van der Waals surface area contributed by atoms with Gasteiger partial charge in [0, 0.05) is 18.0 Å². The Labute approximate surface area is 118 Å². The molecule has 2 aliphatic rings. The van der Waals surface area contributed by atoms with Crippen LogP contribution in [0.4, 0.5) is 0 Å². The minimum atomic E-state index is -0.174. The van der Waals surface area contributed by atoms with Gasteiger partial charge in [-0.3, -0.25) is 14.5 Å². The highest BCUT2D eigenvalue weighted by Gasteiger charge is 2.43. The number of hydrogen-bond acceptors (Lipinski definition) is 3. The highest BCUT2D eigenvalue weighted by atomic mass is 16.5. The van der Waals surface area contributed by atoms with Gasteiger partial charge in [-0.05, 0) is 43.0 Å². The molecule has 1 aliphatic carbocycles. The van der Waals surface area contributed by atoms with Gasteiger partial charge in [0.15, 0.2) is 0 Å². The van der Waals surface area contributed by atoms with E-state index in [0.717, 1.165) is 19.3 Å². The number of benzene rings is 1. The molecule has 0 N–H and O–H groups in total. The number of methoxy groups -OCH3 is 1. The van der Waals surface area contributed by atoms with Gasteiger partial charge in [0.1, 0.15) is 5.75 Å². The number of hydrogen-bond donors (Lipinski definition) is 0. The average Bonchev–Trinajstić information content (AvgIpc) is 2.84. The average molecular weight is 273 g/mol. The topological polar surface area (TPSA) is 46.6 Å². The number of rotatable bonds is 2. The fourth-order valence-corrected chi connectivity index (χ4v) is 3.35. The van der Waals surface area contributed by atoms with E-state index in [0.29, 0.717) is 23.8 Å². The number of carbonyl (C=O) groups is 2. The highest BCUT2D eigenvalue weighted by molar-refractivity contribution is 6.06. The number of amides is 2. The summed E-state index contributed by atoms with van der Waals surface area (Å²) in [4.78, 5) is 26.3. The third-order valence-corrected chi connectivity index (χ3v) is 4.49. The van der Waals surface area contributed by atoms with Crippen LogP contribution in [0.2, 0.25) is 0 Å². The minimum Gasteiger partial charge on any atom is -0.497 e. The minimum absolute atomic E-state index is 0.0236. The van der Waals surface area contributed by atoms with Crippen molar-refractivity contribution >= 4 is 11.8 Å². The molecule has 2 unspecified atom stereocenters. The third-order valence-electron chi connectivity index (χ3n) is 4.49. The largest absolute Gasteiger partial charge is 0.497 e. The summed E-state index contributed by atoms with van der Waals surface area (Å²) in [5.74, 6) is 1.01. The molecule has 0 bridgehead atoms. The van der Waals surface area contributed by atoms with Gasteiger partial charge in [-0.1, -0.05) is 12.8 Å². The monoisotopic (exact) mass is 273 g/mol. The van der Waals surface area contributed by atoms with Crippen molar-refractivity contribution < 1.29 is 14.3 Å². The third kappa shape index (κ3) is 2.19. The maximum Gasteiger partial charge on any atom is 0.260 e. The number of likely N-dealkylation sites (tertiary alicyclic amines) is 1. The van der Waals surface area contributed by atoms with Gasteiger partial charge >= 0.3 is 0 Å². The summed E-state index contributed by atoms with van der Waals surface area (Å²) in [7, 11) is 1.59. The van der Waals surface area contributed by atoms with Crippen LogP contribution in [0.3, 0.4) is 0 Å². The first-order valence-electron chi connectivity index (χ1n) is 7.20. The van der Waals surface area contributed by atoms with Crippen LogP contribution in [0.1, 0.15) is 36.0 Å². The van der Waals surface area contributed by atoms with E-state index in [1.807, 2.05) is 0 Å². The molecule has 106 valence electrons. The lowest BCUT2D eigenvalue weighted by atomic mass is 9.81. The lowest BCUT2D eigenvalue weighted by molar-refractivity contribution is -0.129. The summed E-state index contributed by atoms with van der Waals surface area (Å²) in [5, 5.41) is 0. The smallest absolute Gasteiger partial charge is 0.260 e. The molecule has 0 spiro atoms. The summed E-state index contributed by atoms with van der Waals surface area (Å²) < 4.78 is 5.08. The molecule has 4 heteroatoms. The second-order valence-corrected chi connectivity index (χ2v) is 5.63. The van der Waals surface area contributed by atoms with Gasteiger partial charge in [0.25, 0.3) is 5.91 Å². The zero-order valence-electron chi connectivity index (χ0n) is 11.7. The van der Waals surface area contributed by atoms with Crippen molar-refractivity contribution in [2.24, 2.45) is 11.8 Å². The molecule has 20 heavy (non-hydrogen) atoms. The summed E-state index contributed by atoms with van der Waals surface area (Å²) in [5.41, 5.74) is 0.554. The quantitative estimate of drug-likeness (QED) is 0.778.